The lowest BCUT2D eigenvalue weighted by Crippen LogP contribution is -2.47. The van der Waals surface area contributed by atoms with Crippen molar-refractivity contribution in [2.45, 2.75) is 32.1 Å². The third kappa shape index (κ3) is 5.03. The van der Waals surface area contributed by atoms with Crippen molar-refractivity contribution in [2.75, 3.05) is 33.0 Å². The number of ether oxygens (including phenoxy) is 2. The van der Waals surface area contributed by atoms with E-state index in [1.807, 2.05) is 12.3 Å². The quantitative estimate of drug-likeness (QED) is 0.813. The van der Waals surface area contributed by atoms with E-state index in [1.54, 1.807) is 6.20 Å². The molecule has 5 heteroatoms. The maximum absolute atomic E-state index is 13.3. The first-order chi connectivity index (χ1) is 14.3. The van der Waals surface area contributed by atoms with E-state index in [9.17, 15) is 4.79 Å². The first-order valence-corrected chi connectivity index (χ1v) is 10.7. The fourth-order valence-corrected chi connectivity index (χ4v) is 4.42. The van der Waals surface area contributed by atoms with Gasteiger partial charge in [-0.3, -0.25) is 9.78 Å². The number of pyridine rings is 1. The summed E-state index contributed by atoms with van der Waals surface area (Å²) < 4.78 is 11.2. The zero-order valence-electron chi connectivity index (χ0n) is 16.9. The van der Waals surface area contributed by atoms with Crippen LogP contribution in [0.4, 0.5) is 0 Å². The minimum absolute atomic E-state index is 0.165. The van der Waals surface area contributed by atoms with Crippen LogP contribution in [0.15, 0.2) is 48.8 Å². The number of nitrogens with zero attached hydrogens (tertiary/aromatic N) is 1. The highest BCUT2D eigenvalue weighted by molar-refractivity contribution is 5.83. The number of nitrogens with one attached hydrogen (secondary N) is 1. The molecule has 4 rings (SSSR count). The third-order valence-electron chi connectivity index (χ3n) is 6.20. The van der Waals surface area contributed by atoms with E-state index in [4.69, 9.17) is 9.47 Å². The fourth-order valence-electron chi connectivity index (χ4n) is 4.42. The van der Waals surface area contributed by atoms with Crippen LogP contribution in [0, 0.1) is 11.3 Å². The zero-order valence-corrected chi connectivity index (χ0v) is 16.9. The number of amides is 1. The van der Waals surface area contributed by atoms with Crippen LogP contribution >= 0.6 is 0 Å². The molecule has 1 amide bonds. The summed E-state index contributed by atoms with van der Waals surface area (Å²) >= 11 is 0. The van der Waals surface area contributed by atoms with Crippen LogP contribution in [-0.2, 0) is 20.7 Å². The van der Waals surface area contributed by atoms with Crippen molar-refractivity contribution in [3.8, 4) is 11.1 Å². The predicted molar refractivity (Wildman–Crippen MR) is 112 cm³/mol. The summed E-state index contributed by atoms with van der Waals surface area (Å²) in [4.78, 5) is 17.5. The third-order valence-corrected chi connectivity index (χ3v) is 6.20. The van der Waals surface area contributed by atoms with E-state index in [2.05, 4.69) is 40.6 Å². The number of carbonyl (C=O) groups excluding carboxylic acids is 1. The number of benzene rings is 1. The van der Waals surface area contributed by atoms with Crippen LogP contribution in [0.2, 0.25) is 0 Å². The predicted octanol–water partition coefficient (Wildman–Crippen LogP) is 3.63. The summed E-state index contributed by atoms with van der Waals surface area (Å²) in [7, 11) is 0. The largest absolute Gasteiger partial charge is 0.381 e. The van der Waals surface area contributed by atoms with Gasteiger partial charge in [0.05, 0.1) is 12.0 Å². The maximum Gasteiger partial charge on any atom is 0.226 e. The van der Waals surface area contributed by atoms with Crippen molar-refractivity contribution in [3.63, 3.8) is 0 Å². The van der Waals surface area contributed by atoms with Gasteiger partial charge in [-0.25, -0.2) is 0 Å². The van der Waals surface area contributed by atoms with Crippen LogP contribution in [0.1, 0.15) is 31.2 Å². The molecule has 154 valence electrons. The number of aromatic nitrogens is 1. The average molecular weight is 395 g/mol. The second-order valence-electron chi connectivity index (χ2n) is 8.30. The van der Waals surface area contributed by atoms with Gasteiger partial charge in [0.2, 0.25) is 5.91 Å². The molecule has 5 nitrogen and oxygen atoms in total. The molecule has 3 heterocycles. The lowest BCUT2D eigenvalue weighted by Gasteiger charge is -2.36. The molecule has 1 aromatic carbocycles. The molecule has 0 bridgehead atoms. The van der Waals surface area contributed by atoms with Gasteiger partial charge in [-0.1, -0.05) is 30.3 Å². The van der Waals surface area contributed by atoms with Gasteiger partial charge in [0.25, 0.3) is 0 Å². The summed E-state index contributed by atoms with van der Waals surface area (Å²) in [5, 5.41) is 3.24. The molecule has 2 aliphatic heterocycles. The molecule has 0 radical (unpaired) electrons. The Hall–Kier alpha value is -2.24. The van der Waals surface area contributed by atoms with Crippen molar-refractivity contribution >= 4 is 5.91 Å². The molecule has 2 saturated heterocycles. The van der Waals surface area contributed by atoms with Gasteiger partial charge < -0.3 is 14.8 Å². The minimum atomic E-state index is -0.401. The molecule has 2 aliphatic rings. The Kier molecular flexibility index (Phi) is 6.57. The summed E-state index contributed by atoms with van der Waals surface area (Å²) in [5.74, 6) is 0.594. The van der Waals surface area contributed by atoms with E-state index in [0.717, 1.165) is 56.4 Å². The Bertz CT molecular complexity index is 797. The molecule has 0 unspecified atom stereocenters. The molecule has 1 atom stereocenters. The van der Waals surface area contributed by atoms with Gasteiger partial charge in [0.15, 0.2) is 0 Å². The van der Waals surface area contributed by atoms with Crippen LogP contribution in [-0.4, -0.2) is 43.9 Å². The molecule has 2 aromatic rings. The van der Waals surface area contributed by atoms with Gasteiger partial charge >= 0.3 is 0 Å². The highest BCUT2D eigenvalue weighted by Gasteiger charge is 2.40. The van der Waals surface area contributed by atoms with E-state index >= 15 is 0 Å². The smallest absolute Gasteiger partial charge is 0.226 e. The van der Waals surface area contributed by atoms with Gasteiger partial charge in [0, 0.05) is 38.8 Å². The highest BCUT2D eigenvalue weighted by Crippen LogP contribution is 2.36. The lowest BCUT2D eigenvalue weighted by atomic mass is 9.74. The summed E-state index contributed by atoms with van der Waals surface area (Å²) in [5.41, 5.74) is 3.01. The Balaban J connectivity index is 1.48. The first kappa shape index (κ1) is 20.0. The molecule has 0 saturated carbocycles. The summed E-state index contributed by atoms with van der Waals surface area (Å²) in [6.07, 6.45) is 8.13. The lowest BCUT2D eigenvalue weighted by molar-refractivity contribution is -0.137. The van der Waals surface area contributed by atoms with E-state index in [0.29, 0.717) is 25.7 Å². The van der Waals surface area contributed by atoms with E-state index in [1.165, 1.54) is 5.56 Å². The van der Waals surface area contributed by atoms with Crippen molar-refractivity contribution < 1.29 is 14.3 Å². The highest BCUT2D eigenvalue weighted by atomic mass is 16.5. The Morgan fingerprint density at radius 2 is 1.97 bits per heavy atom. The maximum atomic E-state index is 13.3. The molecule has 1 N–H and O–H groups in total. The van der Waals surface area contributed by atoms with E-state index in [-0.39, 0.29) is 5.91 Å². The standard InChI is InChI=1S/C24H30N2O3/c27-23(26-16-20-5-3-11-29-18-20)24(8-12-28-13-9-24)15-19-4-1-6-21(14-19)22-7-2-10-25-17-22/h1-2,4,6-7,10,14,17,20H,3,5,8-9,11-13,15-16,18H2,(H,26,27)/t20-/m1/s1. The van der Waals surface area contributed by atoms with Crippen LogP contribution in [0.25, 0.3) is 11.1 Å². The van der Waals surface area contributed by atoms with Gasteiger partial charge in [-0.2, -0.15) is 0 Å². The Morgan fingerprint density at radius 1 is 1.10 bits per heavy atom. The minimum Gasteiger partial charge on any atom is -0.381 e. The number of rotatable bonds is 6. The molecule has 2 fully saturated rings. The summed E-state index contributed by atoms with van der Waals surface area (Å²) in [6.45, 7) is 3.59. The molecule has 0 aliphatic carbocycles. The molecule has 29 heavy (non-hydrogen) atoms. The van der Waals surface area contributed by atoms with Crippen LogP contribution < -0.4 is 5.32 Å². The van der Waals surface area contributed by atoms with Crippen LogP contribution in [0.5, 0.6) is 0 Å². The monoisotopic (exact) mass is 394 g/mol. The molecular formula is C24H30N2O3. The molecule has 1 aromatic heterocycles. The molecular weight excluding hydrogens is 364 g/mol. The van der Waals surface area contributed by atoms with Gasteiger partial charge in [0.1, 0.15) is 0 Å². The topological polar surface area (TPSA) is 60.5 Å². The average Bonchev–Trinajstić information content (AvgIpc) is 2.79. The second-order valence-corrected chi connectivity index (χ2v) is 8.30. The summed E-state index contributed by atoms with van der Waals surface area (Å²) in [6, 6.07) is 12.5. The fraction of sp³-hybridized carbons (Fsp3) is 0.500. The van der Waals surface area contributed by atoms with Crippen molar-refractivity contribution in [3.05, 3.63) is 54.4 Å². The normalized spacial score (nSPS) is 21.4. The number of hydrogen-bond acceptors (Lipinski definition) is 4. The van der Waals surface area contributed by atoms with Crippen molar-refractivity contribution in [1.29, 1.82) is 0 Å². The SMILES string of the molecule is O=C(NC[C@H]1CCCOC1)C1(Cc2cccc(-c3cccnc3)c2)CCOCC1. The van der Waals surface area contributed by atoms with Gasteiger partial charge in [-0.05, 0) is 60.8 Å². The zero-order chi connectivity index (χ0) is 19.9. The Morgan fingerprint density at radius 3 is 2.72 bits per heavy atom. The Labute approximate surface area is 172 Å². The van der Waals surface area contributed by atoms with Gasteiger partial charge in [-0.15, -0.1) is 0 Å². The van der Waals surface area contributed by atoms with Crippen molar-refractivity contribution in [1.82, 2.24) is 10.3 Å². The number of hydrogen-bond donors (Lipinski definition) is 1. The van der Waals surface area contributed by atoms with Crippen molar-refractivity contribution in [2.24, 2.45) is 11.3 Å². The van der Waals surface area contributed by atoms with E-state index < -0.39 is 5.41 Å². The second kappa shape index (κ2) is 9.51. The molecule has 0 spiro atoms. The van der Waals surface area contributed by atoms with Crippen LogP contribution in [0.3, 0.4) is 0 Å². The first-order valence-electron chi connectivity index (χ1n) is 10.7. The number of carbonyl (C=O) groups is 1.